The Hall–Kier alpha value is -2.31. The average molecular weight is 297 g/mol. The third kappa shape index (κ3) is 3.07. The summed E-state index contributed by atoms with van der Waals surface area (Å²) < 4.78 is 38.9. The maximum absolute atomic E-state index is 12.6. The van der Waals surface area contributed by atoms with Crippen LogP contribution in [-0.2, 0) is 22.9 Å². The number of hydrogen-bond donors (Lipinski definition) is 1. The molecule has 1 atom stereocenters. The fraction of sp³-hybridized carbons (Fsp3) is 0.286. The van der Waals surface area contributed by atoms with Crippen molar-refractivity contribution in [3.8, 4) is 0 Å². The van der Waals surface area contributed by atoms with E-state index < -0.39 is 23.2 Å². The summed E-state index contributed by atoms with van der Waals surface area (Å²) in [4.78, 5) is 11.8. The van der Waals surface area contributed by atoms with Gasteiger partial charge < -0.3 is 5.73 Å². The van der Waals surface area contributed by atoms with E-state index in [0.717, 1.165) is 16.4 Å². The van der Waals surface area contributed by atoms with Gasteiger partial charge in [0, 0.05) is 12.6 Å². The Morgan fingerprint density at radius 2 is 1.90 bits per heavy atom. The molecule has 0 fully saturated rings. The molecule has 1 unspecified atom stereocenters. The quantitative estimate of drug-likeness (QED) is 0.941. The summed E-state index contributed by atoms with van der Waals surface area (Å²) in [5.74, 6) is -0.747. The fourth-order valence-corrected chi connectivity index (χ4v) is 2.01. The molecule has 21 heavy (non-hydrogen) atoms. The van der Waals surface area contributed by atoms with Crippen molar-refractivity contribution in [2.45, 2.75) is 25.1 Å². The van der Waals surface area contributed by atoms with E-state index in [9.17, 15) is 18.0 Å². The van der Waals surface area contributed by atoms with Crippen molar-refractivity contribution >= 4 is 5.91 Å². The zero-order valence-corrected chi connectivity index (χ0v) is 11.3. The normalized spacial score (nSPS) is 14.7. The molecule has 1 aromatic heterocycles. The average Bonchev–Trinajstić information content (AvgIpc) is 2.89. The molecule has 0 aliphatic carbocycles. The van der Waals surface area contributed by atoms with Crippen LogP contribution in [0.15, 0.2) is 42.7 Å². The summed E-state index contributed by atoms with van der Waals surface area (Å²) in [6.07, 6.45) is -2.87. The number of nitrogens with two attached hydrogens (primary N) is 1. The molecule has 0 radical (unpaired) electrons. The highest BCUT2D eigenvalue weighted by Gasteiger charge is 2.38. The monoisotopic (exact) mass is 297 g/mol. The van der Waals surface area contributed by atoms with E-state index in [0.29, 0.717) is 6.20 Å². The Balaban J connectivity index is 2.38. The third-order valence-electron chi connectivity index (χ3n) is 3.34. The van der Waals surface area contributed by atoms with Crippen LogP contribution < -0.4 is 5.73 Å². The minimum atomic E-state index is -4.51. The number of amides is 1. The molecule has 0 spiro atoms. The number of carbonyl (C=O) groups is 1. The van der Waals surface area contributed by atoms with E-state index >= 15 is 0 Å². The Morgan fingerprint density at radius 1 is 1.29 bits per heavy atom. The lowest BCUT2D eigenvalue weighted by molar-refractivity contribution is -0.138. The number of primary amides is 1. The molecule has 2 rings (SSSR count). The van der Waals surface area contributed by atoms with Crippen LogP contribution in [-0.4, -0.2) is 15.7 Å². The smallest absolute Gasteiger partial charge is 0.368 e. The minimum absolute atomic E-state index is 0.155. The summed E-state index contributed by atoms with van der Waals surface area (Å²) in [6, 6.07) is 8.91. The predicted octanol–water partition coefficient (Wildman–Crippen LogP) is 2.35. The molecule has 1 aromatic carbocycles. The van der Waals surface area contributed by atoms with Gasteiger partial charge in [-0.3, -0.25) is 9.48 Å². The topological polar surface area (TPSA) is 60.9 Å². The summed E-state index contributed by atoms with van der Waals surface area (Å²) in [7, 11) is 0. The van der Waals surface area contributed by atoms with Crippen LogP contribution in [0.2, 0.25) is 0 Å². The van der Waals surface area contributed by atoms with Crippen LogP contribution in [0.1, 0.15) is 18.1 Å². The minimum Gasteiger partial charge on any atom is -0.368 e. The third-order valence-corrected chi connectivity index (χ3v) is 3.34. The number of halogens is 3. The van der Waals surface area contributed by atoms with Gasteiger partial charge in [0.15, 0.2) is 0 Å². The molecule has 0 saturated heterocycles. The first kappa shape index (κ1) is 15.1. The Morgan fingerprint density at radius 3 is 2.38 bits per heavy atom. The van der Waals surface area contributed by atoms with E-state index in [1.54, 1.807) is 30.3 Å². The highest BCUT2D eigenvalue weighted by Crippen LogP contribution is 2.30. The van der Waals surface area contributed by atoms with Gasteiger partial charge in [-0.25, -0.2) is 0 Å². The zero-order chi connectivity index (χ0) is 15.7. The van der Waals surface area contributed by atoms with E-state index in [1.807, 2.05) is 0 Å². The Kier molecular flexibility index (Phi) is 3.76. The van der Waals surface area contributed by atoms with Crippen LogP contribution in [0.25, 0.3) is 0 Å². The second kappa shape index (κ2) is 5.23. The molecule has 0 saturated carbocycles. The van der Waals surface area contributed by atoms with E-state index in [1.165, 1.54) is 6.92 Å². The van der Waals surface area contributed by atoms with Gasteiger partial charge in [-0.05, 0) is 12.5 Å². The van der Waals surface area contributed by atoms with Crippen LogP contribution in [0.5, 0.6) is 0 Å². The van der Waals surface area contributed by atoms with Crippen LogP contribution in [0.4, 0.5) is 13.2 Å². The molecule has 7 heteroatoms. The second-order valence-corrected chi connectivity index (χ2v) is 4.97. The van der Waals surface area contributed by atoms with Crippen LogP contribution >= 0.6 is 0 Å². The molecule has 0 aliphatic rings. The first-order valence-corrected chi connectivity index (χ1v) is 6.19. The zero-order valence-electron chi connectivity index (χ0n) is 11.3. The summed E-state index contributed by atoms with van der Waals surface area (Å²) in [6.45, 7) is 1.47. The number of aromatic nitrogens is 2. The standard InChI is InChI=1S/C14H14F3N3O/c1-13(12(18)21,7-10-5-3-2-4-6-10)20-9-11(8-19-20)14(15,16)17/h2-6,8-9H,7H2,1H3,(H2,18,21). The highest BCUT2D eigenvalue weighted by molar-refractivity contribution is 5.82. The molecule has 0 aliphatic heterocycles. The molecule has 4 nitrogen and oxygen atoms in total. The molecule has 1 amide bonds. The Bertz CT molecular complexity index is 636. The van der Waals surface area contributed by atoms with Gasteiger partial charge in [0.2, 0.25) is 5.91 Å². The molecule has 0 bridgehead atoms. The highest BCUT2D eigenvalue weighted by atomic mass is 19.4. The van der Waals surface area contributed by atoms with Gasteiger partial charge in [0.25, 0.3) is 0 Å². The lowest BCUT2D eigenvalue weighted by atomic mass is 9.92. The molecular weight excluding hydrogens is 283 g/mol. The summed E-state index contributed by atoms with van der Waals surface area (Å²) >= 11 is 0. The maximum atomic E-state index is 12.6. The number of rotatable bonds is 4. The first-order chi connectivity index (χ1) is 9.73. The van der Waals surface area contributed by atoms with E-state index in [2.05, 4.69) is 5.10 Å². The SMILES string of the molecule is CC(Cc1ccccc1)(C(N)=O)n1cc(C(F)(F)F)cn1. The molecule has 1 heterocycles. The predicted molar refractivity (Wildman–Crippen MR) is 70.2 cm³/mol. The summed E-state index contributed by atoms with van der Waals surface area (Å²) in [5, 5.41) is 3.67. The van der Waals surface area contributed by atoms with Crippen molar-refractivity contribution in [3.05, 3.63) is 53.9 Å². The van der Waals surface area contributed by atoms with Gasteiger partial charge in [-0.1, -0.05) is 30.3 Å². The number of nitrogens with zero attached hydrogens (tertiary/aromatic N) is 2. The van der Waals surface area contributed by atoms with Gasteiger partial charge in [-0.2, -0.15) is 18.3 Å². The molecule has 2 N–H and O–H groups in total. The summed E-state index contributed by atoms with van der Waals surface area (Å²) in [5.41, 5.74) is 3.88. The van der Waals surface area contributed by atoms with Gasteiger partial charge in [0.05, 0.1) is 11.8 Å². The van der Waals surface area contributed by atoms with Crippen molar-refractivity contribution in [2.75, 3.05) is 0 Å². The van der Waals surface area contributed by atoms with Crippen molar-refractivity contribution in [1.82, 2.24) is 9.78 Å². The second-order valence-electron chi connectivity index (χ2n) is 4.97. The number of carbonyl (C=O) groups excluding carboxylic acids is 1. The lowest BCUT2D eigenvalue weighted by Gasteiger charge is -2.26. The van der Waals surface area contributed by atoms with Crippen molar-refractivity contribution in [3.63, 3.8) is 0 Å². The Labute approximate surface area is 119 Å². The molecule has 2 aromatic rings. The number of benzene rings is 1. The van der Waals surface area contributed by atoms with Crippen molar-refractivity contribution in [2.24, 2.45) is 5.73 Å². The molecular formula is C14H14F3N3O. The number of hydrogen-bond acceptors (Lipinski definition) is 2. The lowest BCUT2D eigenvalue weighted by Crippen LogP contribution is -2.46. The van der Waals surface area contributed by atoms with Crippen LogP contribution in [0, 0.1) is 0 Å². The van der Waals surface area contributed by atoms with Crippen molar-refractivity contribution < 1.29 is 18.0 Å². The number of alkyl halides is 3. The largest absolute Gasteiger partial charge is 0.419 e. The maximum Gasteiger partial charge on any atom is 0.419 e. The van der Waals surface area contributed by atoms with E-state index in [-0.39, 0.29) is 6.42 Å². The van der Waals surface area contributed by atoms with Gasteiger partial charge in [0.1, 0.15) is 5.54 Å². The fourth-order valence-electron chi connectivity index (χ4n) is 2.01. The van der Waals surface area contributed by atoms with Crippen molar-refractivity contribution in [1.29, 1.82) is 0 Å². The van der Waals surface area contributed by atoms with Crippen LogP contribution in [0.3, 0.4) is 0 Å². The molecule has 112 valence electrons. The van der Waals surface area contributed by atoms with Gasteiger partial charge >= 0.3 is 6.18 Å². The van der Waals surface area contributed by atoms with E-state index in [4.69, 9.17) is 5.73 Å². The van der Waals surface area contributed by atoms with Gasteiger partial charge in [-0.15, -0.1) is 0 Å². The first-order valence-electron chi connectivity index (χ1n) is 6.19.